The first kappa shape index (κ1) is 12.9. The number of nitrogen functional groups attached to an aromatic ring is 1. The minimum atomic E-state index is -0.792. The third kappa shape index (κ3) is 2.35. The molecule has 0 aliphatic carbocycles. The van der Waals surface area contributed by atoms with Crippen LogP contribution < -0.4 is 5.73 Å². The number of carbonyl (C=O) groups is 1. The molecule has 0 fully saturated rings. The maximum Gasteiger partial charge on any atom is 0.360 e. The summed E-state index contributed by atoms with van der Waals surface area (Å²) in [6, 6.07) is 4.57. The summed E-state index contributed by atoms with van der Waals surface area (Å²) in [6.07, 6.45) is 0. The van der Waals surface area contributed by atoms with Crippen molar-refractivity contribution in [3.8, 4) is 11.3 Å². The fourth-order valence-electron chi connectivity index (χ4n) is 1.53. The Morgan fingerprint density at radius 3 is 2.42 bits per heavy atom. The Bertz CT molecular complexity index is 627. The normalized spacial score (nSPS) is 10.3. The molecule has 2 aromatic rings. The van der Waals surface area contributed by atoms with Gasteiger partial charge in [0.25, 0.3) is 0 Å². The fourth-order valence-corrected chi connectivity index (χ4v) is 1.53. The van der Waals surface area contributed by atoms with Gasteiger partial charge >= 0.3 is 5.97 Å². The zero-order chi connectivity index (χ0) is 14.0. The Hall–Kier alpha value is -2.57. The van der Waals surface area contributed by atoms with Crippen molar-refractivity contribution >= 4 is 11.7 Å². The molecule has 98 valence electrons. The second kappa shape index (κ2) is 4.97. The second-order valence-electron chi connectivity index (χ2n) is 3.62. The van der Waals surface area contributed by atoms with Gasteiger partial charge in [0.05, 0.1) is 18.4 Å². The van der Waals surface area contributed by atoms with Crippen LogP contribution in [0.3, 0.4) is 0 Å². The lowest BCUT2D eigenvalue weighted by molar-refractivity contribution is 0.0594. The molecule has 0 saturated heterocycles. The van der Waals surface area contributed by atoms with Crippen LogP contribution in [-0.2, 0) is 4.74 Å². The summed E-state index contributed by atoms with van der Waals surface area (Å²) in [5, 5.41) is 7.11. The molecular formula is C12H9F2N3O2. The summed E-state index contributed by atoms with van der Waals surface area (Å²) >= 11 is 0. The van der Waals surface area contributed by atoms with E-state index in [1.165, 1.54) is 12.1 Å². The van der Waals surface area contributed by atoms with E-state index in [0.717, 1.165) is 19.2 Å². The minimum Gasteiger partial charge on any atom is -0.464 e. The Labute approximate surface area is 107 Å². The van der Waals surface area contributed by atoms with Crippen molar-refractivity contribution in [1.82, 2.24) is 10.2 Å². The molecule has 0 radical (unpaired) electrons. The molecule has 19 heavy (non-hydrogen) atoms. The highest BCUT2D eigenvalue weighted by Gasteiger charge is 2.17. The Morgan fingerprint density at radius 2 is 1.89 bits per heavy atom. The first-order valence-corrected chi connectivity index (χ1v) is 5.20. The molecule has 7 heteroatoms. The average molecular weight is 265 g/mol. The monoisotopic (exact) mass is 265 g/mol. The van der Waals surface area contributed by atoms with E-state index in [-0.39, 0.29) is 22.6 Å². The predicted octanol–water partition coefficient (Wildman–Crippen LogP) is 1.79. The number of ether oxygens (including phenoxy) is 1. The number of hydrogen-bond acceptors (Lipinski definition) is 5. The van der Waals surface area contributed by atoms with E-state index < -0.39 is 17.6 Å². The van der Waals surface area contributed by atoms with Crippen LogP contribution in [0.15, 0.2) is 24.3 Å². The molecule has 0 amide bonds. The van der Waals surface area contributed by atoms with E-state index in [4.69, 9.17) is 5.73 Å². The fraction of sp³-hybridized carbons (Fsp3) is 0.0833. The van der Waals surface area contributed by atoms with Gasteiger partial charge < -0.3 is 10.5 Å². The van der Waals surface area contributed by atoms with Gasteiger partial charge in [0.15, 0.2) is 5.69 Å². The van der Waals surface area contributed by atoms with E-state index >= 15 is 0 Å². The summed E-state index contributed by atoms with van der Waals surface area (Å²) in [4.78, 5) is 11.3. The van der Waals surface area contributed by atoms with E-state index in [1.54, 1.807) is 0 Å². The molecule has 0 unspecified atom stereocenters. The number of rotatable bonds is 2. The summed E-state index contributed by atoms with van der Waals surface area (Å²) < 4.78 is 31.5. The van der Waals surface area contributed by atoms with E-state index in [2.05, 4.69) is 14.9 Å². The summed E-state index contributed by atoms with van der Waals surface area (Å²) in [5.41, 5.74) is 4.87. The Kier molecular flexibility index (Phi) is 3.37. The minimum absolute atomic E-state index is 0.0699. The summed E-state index contributed by atoms with van der Waals surface area (Å²) in [5.74, 6) is -2.36. The van der Waals surface area contributed by atoms with Crippen molar-refractivity contribution in [2.24, 2.45) is 0 Å². The van der Waals surface area contributed by atoms with Gasteiger partial charge in [-0.2, -0.15) is 0 Å². The highest BCUT2D eigenvalue weighted by molar-refractivity contribution is 5.93. The van der Waals surface area contributed by atoms with Crippen LogP contribution in [0.25, 0.3) is 11.3 Å². The molecule has 1 heterocycles. The van der Waals surface area contributed by atoms with Gasteiger partial charge in [-0.1, -0.05) is 6.07 Å². The first-order chi connectivity index (χ1) is 9.04. The molecule has 0 aliphatic rings. The summed E-state index contributed by atoms with van der Waals surface area (Å²) in [6.45, 7) is 0. The average Bonchev–Trinajstić information content (AvgIpc) is 2.38. The van der Waals surface area contributed by atoms with Gasteiger partial charge in [0, 0.05) is 0 Å². The quantitative estimate of drug-likeness (QED) is 0.837. The Balaban J connectivity index is 2.54. The molecule has 1 aromatic heterocycles. The molecule has 1 aromatic carbocycles. The zero-order valence-electron chi connectivity index (χ0n) is 9.85. The number of nitrogens with zero attached hydrogens (tertiary/aromatic N) is 2. The third-order valence-corrected chi connectivity index (χ3v) is 2.42. The third-order valence-electron chi connectivity index (χ3n) is 2.42. The maximum absolute atomic E-state index is 13.6. The van der Waals surface area contributed by atoms with Crippen LogP contribution >= 0.6 is 0 Å². The lowest BCUT2D eigenvalue weighted by Crippen LogP contribution is -2.10. The number of halogens is 2. The SMILES string of the molecule is COC(=O)c1nnc(-c2c(F)cccc2F)cc1N. The first-order valence-electron chi connectivity index (χ1n) is 5.20. The van der Waals surface area contributed by atoms with Crippen LogP contribution in [0.2, 0.25) is 0 Å². The number of anilines is 1. The number of nitrogens with two attached hydrogens (primary N) is 1. The van der Waals surface area contributed by atoms with Crippen molar-refractivity contribution in [3.63, 3.8) is 0 Å². The van der Waals surface area contributed by atoms with Crippen molar-refractivity contribution in [1.29, 1.82) is 0 Å². The molecule has 2 N–H and O–H groups in total. The van der Waals surface area contributed by atoms with Crippen LogP contribution in [0.4, 0.5) is 14.5 Å². The van der Waals surface area contributed by atoms with Crippen LogP contribution in [0, 0.1) is 11.6 Å². The number of aromatic nitrogens is 2. The highest BCUT2D eigenvalue weighted by atomic mass is 19.1. The van der Waals surface area contributed by atoms with E-state index in [9.17, 15) is 13.6 Å². The smallest absolute Gasteiger partial charge is 0.360 e. The van der Waals surface area contributed by atoms with Gasteiger partial charge in [-0.3, -0.25) is 0 Å². The maximum atomic E-state index is 13.6. The molecule has 0 aliphatic heterocycles. The van der Waals surface area contributed by atoms with Crippen molar-refractivity contribution in [3.05, 3.63) is 41.6 Å². The van der Waals surface area contributed by atoms with Gasteiger partial charge in [-0.25, -0.2) is 13.6 Å². The van der Waals surface area contributed by atoms with Gasteiger partial charge in [0.1, 0.15) is 17.3 Å². The van der Waals surface area contributed by atoms with Gasteiger partial charge in [-0.15, -0.1) is 10.2 Å². The number of benzene rings is 1. The molecule has 0 atom stereocenters. The second-order valence-corrected chi connectivity index (χ2v) is 3.62. The Morgan fingerprint density at radius 1 is 1.26 bits per heavy atom. The molecule has 0 spiro atoms. The number of methoxy groups -OCH3 is 1. The lowest BCUT2D eigenvalue weighted by atomic mass is 10.1. The number of hydrogen-bond donors (Lipinski definition) is 1. The molecule has 5 nitrogen and oxygen atoms in total. The van der Waals surface area contributed by atoms with Crippen LogP contribution in [-0.4, -0.2) is 23.3 Å². The van der Waals surface area contributed by atoms with E-state index in [1.807, 2.05) is 0 Å². The molecular weight excluding hydrogens is 256 g/mol. The van der Waals surface area contributed by atoms with Crippen molar-refractivity contribution < 1.29 is 18.3 Å². The largest absolute Gasteiger partial charge is 0.464 e. The van der Waals surface area contributed by atoms with Crippen LogP contribution in [0.5, 0.6) is 0 Å². The van der Waals surface area contributed by atoms with E-state index in [0.29, 0.717) is 0 Å². The van der Waals surface area contributed by atoms with Crippen molar-refractivity contribution in [2.75, 3.05) is 12.8 Å². The predicted molar refractivity (Wildman–Crippen MR) is 63.1 cm³/mol. The summed E-state index contributed by atoms with van der Waals surface area (Å²) in [7, 11) is 1.16. The molecule has 2 rings (SSSR count). The van der Waals surface area contributed by atoms with Crippen molar-refractivity contribution in [2.45, 2.75) is 0 Å². The van der Waals surface area contributed by atoms with Gasteiger partial charge in [0.2, 0.25) is 0 Å². The zero-order valence-corrected chi connectivity index (χ0v) is 9.85. The topological polar surface area (TPSA) is 78.1 Å². The standard InChI is InChI=1S/C12H9F2N3O2/c1-19-12(18)11-8(15)5-9(16-17-11)10-6(13)3-2-4-7(10)14/h2-5H,1H3,(H2,15,16). The molecule has 0 bridgehead atoms. The lowest BCUT2D eigenvalue weighted by Gasteiger charge is -2.06. The number of esters is 1. The molecule has 0 saturated carbocycles. The number of carbonyl (C=O) groups excluding carboxylic acids is 1. The van der Waals surface area contributed by atoms with Gasteiger partial charge in [-0.05, 0) is 18.2 Å². The van der Waals surface area contributed by atoms with Crippen LogP contribution in [0.1, 0.15) is 10.5 Å². The highest BCUT2D eigenvalue weighted by Crippen LogP contribution is 2.25.